The van der Waals surface area contributed by atoms with Gasteiger partial charge < -0.3 is 30.6 Å². The lowest BCUT2D eigenvalue weighted by Gasteiger charge is -2.36. The topological polar surface area (TPSA) is 149 Å². The first kappa shape index (κ1) is 21.3. The molecule has 2 aromatic rings. The van der Waals surface area contributed by atoms with Gasteiger partial charge in [0.15, 0.2) is 23.2 Å². The van der Waals surface area contributed by atoms with Crippen molar-refractivity contribution in [3.05, 3.63) is 12.7 Å². The summed E-state index contributed by atoms with van der Waals surface area (Å²) in [6.07, 6.45) is -0.530. The van der Waals surface area contributed by atoms with Crippen molar-refractivity contribution in [2.75, 3.05) is 18.5 Å². The zero-order valence-corrected chi connectivity index (χ0v) is 17.6. The minimum Gasteiger partial charge on any atom is -0.394 e. The first-order valence-electron chi connectivity index (χ1n) is 10.1. The van der Waals surface area contributed by atoms with Crippen molar-refractivity contribution in [2.45, 2.75) is 69.7 Å². The first-order valence-corrected chi connectivity index (χ1v) is 10.1. The molecular weight excluding hydrogens is 392 g/mol. The molecular formula is C19H30N6O5. The van der Waals surface area contributed by atoms with Crippen LogP contribution in [-0.2, 0) is 4.74 Å². The standard InChI is InChI=1S/C19H30N6O5/c1-18(2)5-10(19(3,4)25(18)29)6-20-15-12-16(22-8-21-15)24(9-23-12)17-14(28)13(27)11(7-26)30-17/h8-11,13-14,17,26-29H,5-7H2,1-4H3,(H,20,21,22)/t10?,11-,13-,14-,17-/m1/s1. The summed E-state index contributed by atoms with van der Waals surface area (Å²) in [7, 11) is 0. The second kappa shape index (κ2) is 7.36. The number of nitrogens with zero attached hydrogens (tertiary/aromatic N) is 5. The SMILES string of the molecule is CC1(C)CC(CNc2ncnc3c2ncn3[C@@H]2O[C@H](CO)[C@@H](O)[C@H]2O)C(C)(C)N1O. The highest BCUT2D eigenvalue weighted by Gasteiger charge is 2.51. The molecule has 0 radical (unpaired) electrons. The van der Waals surface area contributed by atoms with E-state index < -0.39 is 36.7 Å². The molecule has 2 aliphatic rings. The number of aromatic nitrogens is 4. The Kier molecular flexibility index (Phi) is 5.24. The van der Waals surface area contributed by atoms with Gasteiger partial charge in [-0.3, -0.25) is 4.57 Å². The average Bonchev–Trinajstić information content (AvgIpc) is 3.30. The van der Waals surface area contributed by atoms with E-state index in [-0.39, 0.29) is 11.5 Å². The van der Waals surface area contributed by atoms with Gasteiger partial charge in [-0.25, -0.2) is 15.0 Å². The van der Waals surface area contributed by atoms with Gasteiger partial charge in [-0.15, -0.1) is 0 Å². The molecule has 0 saturated carbocycles. The molecule has 11 nitrogen and oxygen atoms in total. The Bertz CT molecular complexity index is 918. The molecule has 0 aliphatic carbocycles. The molecule has 5 N–H and O–H groups in total. The van der Waals surface area contributed by atoms with E-state index in [4.69, 9.17) is 4.74 Å². The first-order chi connectivity index (χ1) is 14.1. The van der Waals surface area contributed by atoms with Crippen LogP contribution in [0.2, 0.25) is 0 Å². The minimum atomic E-state index is -1.22. The Labute approximate surface area is 174 Å². The molecule has 166 valence electrons. The predicted octanol–water partition coefficient (Wildman–Crippen LogP) is 0.118. The molecule has 0 spiro atoms. The Balaban J connectivity index is 1.56. The van der Waals surface area contributed by atoms with Crippen LogP contribution in [0.25, 0.3) is 11.2 Å². The van der Waals surface area contributed by atoms with Crippen molar-refractivity contribution < 1.29 is 25.3 Å². The van der Waals surface area contributed by atoms with E-state index in [0.717, 1.165) is 6.42 Å². The average molecular weight is 422 g/mol. The third-order valence-corrected chi connectivity index (χ3v) is 6.53. The van der Waals surface area contributed by atoms with Gasteiger partial charge in [0.05, 0.1) is 12.9 Å². The molecule has 30 heavy (non-hydrogen) atoms. The zero-order chi connectivity index (χ0) is 21.8. The lowest BCUT2D eigenvalue weighted by molar-refractivity contribution is -0.196. The number of hydrogen-bond donors (Lipinski definition) is 5. The fraction of sp³-hybridized carbons (Fsp3) is 0.737. The third-order valence-electron chi connectivity index (χ3n) is 6.53. The Hall–Kier alpha value is -1.89. The number of rotatable bonds is 5. The van der Waals surface area contributed by atoms with E-state index in [9.17, 15) is 20.5 Å². The lowest BCUT2D eigenvalue weighted by Crippen LogP contribution is -2.48. The molecule has 4 heterocycles. The third kappa shape index (κ3) is 3.26. The lowest BCUT2D eigenvalue weighted by atomic mass is 9.87. The number of hydroxylamine groups is 2. The van der Waals surface area contributed by atoms with E-state index in [2.05, 4.69) is 20.3 Å². The number of fused-ring (bicyclic) bond motifs is 1. The Morgan fingerprint density at radius 3 is 2.50 bits per heavy atom. The number of aliphatic hydroxyl groups is 3. The highest BCUT2D eigenvalue weighted by Crippen LogP contribution is 2.43. The zero-order valence-electron chi connectivity index (χ0n) is 17.6. The van der Waals surface area contributed by atoms with Crippen LogP contribution in [0.5, 0.6) is 0 Å². The molecule has 0 amide bonds. The van der Waals surface area contributed by atoms with Crippen molar-refractivity contribution >= 4 is 17.0 Å². The Morgan fingerprint density at radius 1 is 1.17 bits per heavy atom. The second-order valence-corrected chi connectivity index (χ2v) is 9.34. The molecule has 0 bridgehead atoms. The summed E-state index contributed by atoms with van der Waals surface area (Å²) in [5, 5.41) is 45.0. The summed E-state index contributed by atoms with van der Waals surface area (Å²) in [5.41, 5.74) is 0.223. The van der Waals surface area contributed by atoms with Crippen molar-refractivity contribution in [3.63, 3.8) is 0 Å². The minimum absolute atomic E-state index is 0.171. The quantitative estimate of drug-likeness (QED) is 0.450. The predicted molar refractivity (Wildman–Crippen MR) is 107 cm³/mol. The number of imidazole rings is 1. The van der Waals surface area contributed by atoms with E-state index >= 15 is 0 Å². The summed E-state index contributed by atoms with van der Waals surface area (Å²) in [6.45, 7) is 8.24. The van der Waals surface area contributed by atoms with Crippen LogP contribution < -0.4 is 5.32 Å². The van der Waals surface area contributed by atoms with Gasteiger partial charge >= 0.3 is 0 Å². The molecule has 5 atom stereocenters. The van der Waals surface area contributed by atoms with Gasteiger partial charge in [0, 0.05) is 17.6 Å². The maximum absolute atomic E-state index is 10.5. The second-order valence-electron chi connectivity index (χ2n) is 9.34. The van der Waals surface area contributed by atoms with Crippen LogP contribution in [0.3, 0.4) is 0 Å². The molecule has 2 aliphatic heterocycles. The van der Waals surface area contributed by atoms with Crippen LogP contribution in [-0.4, -0.2) is 87.7 Å². The van der Waals surface area contributed by atoms with Gasteiger partial charge in [-0.1, -0.05) is 0 Å². The molecule has 2 aromatic heterocycles. The van der Waals surface area contributed by atoms with Crippen LogP contribution in [0, 0.1) is 5.92 Å². The van der Waals surface area contributed by atoms with E-state index in [0.29, 0.717) is 23.5 Å². The Morgan fingerprint density at radius 2 is 1.90 bits per heavy atom. The van der Waals surface area contributed by atoms with E-state index in [1.807, 2.05) is 27.7 Å². The molecule has 4 rings (SSSR count). The van der Waals surface area contributed by atoms with Gasteiger partial charge in [-0.2, -0.15) is 5.06 Å². The van der Waals surface area contributed by atoms with Crippen molar-refractivity contribution in [1.82, 2.24) is 24.6 Å². The van der Waals surface area contributed by atoms with Gasteiger partial charge in [-0.05, 0) is 40.0 Å². The maximum Gasteiger partial charge on any atom is 0.167 e. The summed E-state index contributed by atoms with van der Waals surface area (Å²) in [5.74, 6) is 0.709. The summed E-state index contributed by atoms with van der Waals surface area (Å²) >= 11 is 0. The van der Waals surface area contributed by atoms with Crippen LogP contribution in [0.15, 0.2) is 12.7 Å². The van der Waals surface area contributed by atoms with Crippen molar-refractivity contribution in [2.24, 2.45) is 5.92 Å². The fourth-order valence-electron chi connectivity index (χ4n) is 4.71. The summed E-state index contributed by atoms with van der Waals surface area (Å²) < 4.78 is 7.12. The molecule has 0 aromatic carbocycles. The molecule has 1 unspecified atom stereocenters. The summed E-state index contributed by atoms with van der Waals surface area (Å²) in [6, 6.07) is 0. The maximum atomic E-state index is 10.5. The molecule has 2 saturated heterocycles. The van der Waals surface area contributed by atoms with Crippen LogP contribution >= 0.6 is 0 Å². The van der Waals surface area contributed by atoms with E-state index in [1.165, 1.54) is 22.3 Å². The highest BCUT2D eigenvalue weighted by molar-refractivity contribution is 5.82. The number of hydrogen-bond acceptors (Lipinski definition) is 10. The van der Waals surface area contributed by atoms with Gasteiger partial charge in [0.1, 0.15) is 24.6 Å². The largest absolute Gasteiger partial charge is 0.394 e. The van der Waals surface area contributed by atoms with Crippen LogP contribution in [0.1, 0.15) is 40.3 Å². The fourth-order valence-corrected chi connectivity index (χ4v) is 4.71. The van der Waals surface area contributed by atoms with Gasteiger partial charge in [0.2, 0.25) is 0 Å². The molecule has 11 heteroatoms. The highest BCUT2D eigenvalue weighted by atomic mass is 16.6. The smallest absolute Gasteiger partial charge is 0.167 e. The van der Waals surface area contributed by atoms with Crippen molar-refractivity contribution in [1.29, 1.82) is 0 Å². The monoisotopic (exact) mass is 422 g/mol. The number of nitrogens with one attached hydrogen (secondary N) is 1. The van der Waals surface area contributed by atoms with Crippen LogP contribution in [0.4, 0.5) is 5.82 Å². The number of aliphatic hydroxyl groups excluding tert-OH is 3. The number of ether oxygens (including phenoxy) is 1. The normalized spacial score (nSPS) is 33.4. The molecule has 2 fully saturated rings. The summed E-state index contributed by atoms with van der Waals surface area (Å²) in [4.78, 5) is 13.0. The van der Waals surface area contributed by atoms with E-state index in [1.54, 1.807) is 0 Å². The van der Waals surface area contributed by atoms with Gasteiger partial charge in [0.25, 0.3) is 0 Å². The number of anilines is 1. The van der Waals surface area contributed by atoms with Crippen molar-refractivity contribution in [3.8, 4) is 0 Å².